The molecule has 0 aliphatic carbocycles. The van der Waals surface area contributed by atoms with Gasteiger partial charge in [-0.25, -0.2) is 19.6 Å². The number of aromatic nitrogens is 2. The SMILES string of the molecule is COc1nc(-c2cccc(-c3cccc(-c4ccc5c(n4)N(C)CCC5N(C[C@@H]4CCC(=O)N4)C(=O)OC(C)(C)C)c3Cl)c2Cl)ccc1CN(C[C@@H]1CCC(=O)N1)C(=O)O. The lowest BCUT2D eigenvalue weighted by atomic mass is 9.95. The molecule has 5 heterocycles. The normalized spacial score (nSPS) is 18.7. The third-order valence-corrected chi connectivity index (χ3v) is 11.8. The molecule has 0 radical (unpaired) electrons. The maximum atomic E-state index is 13.7. The van der Waals surface area contributed by atoms with Crippen LogP contribution in [-0.2, 0) is 20.9 Å². The molecule has 0 spiro atoms. The number of pyridine rings is 2. The summed E-state index contributed by atoms with van der Waals surface area (Å²) in [5, 5.41) is 16.6. The first kappa shape index (κ1) is 42.5. The van der Waals surface area contributed by atoms with Gasteiger partial charge in [-0.15, -0.1) is 0 Å². The van der Waals surface area contributed by atoms with Crippen molar-refractivity contribution >= 4 is 53.0 Å². The Hall–Kier alpha value is -5.60. The third-order valence-electron chi connectivity index (χ3n) is 11.0. The largest absolute Gasteiger partial charge is 0.481 e. The van der Waals surface area contributed by atoms with E-state index in [9.17, 15) is 24.3 Å². The first-order valence-corrected chi connectivity index (χ1v) is 20.8. The Balaban J connectivity index is 1.17. The van der Waals surface area contributed by atoms with Gasteiger partial charge in [-0.3, -0.25) is 14.5 Å². The molecule has 2 fully saturated rings. The second-order valence-corrected chi connectivity index (χ2v) is 17.2. The zero-order valence-electron chi connectivity index (χ0n) is 34.3. The molecular formula is C44H49Cl2N7O7. The van der Waals surface area contributed by atoms with Crippen LogP contribution in [0.4, 0.5) is 15.4 Å². The molecule has 3 atom stereocenters. The molecule has 2 saturated heterocycles. The molecular weight excluding hydrogens is 809 g/mol. The van der Waals surface area contributed by atoms with E-state index in [4.69, 9.17) is 42.6 Å². The highest BCUT2D eigenvalue weighted by Crippen LogP contribution is 2.44. The van der Waals surface area contributed by atoms with Gasteiger partial charge in [-0.05, 0) is 58.2 Å². The lowest BCUT2D eigenvalue weighted by molar-refractivity contribution is -0.120. The molecule has 0 bridgehead atoms. The fourth-order valence-corrected chi connectivity index (χ4v) is 8.71. The van der Waals surface area contributed by atoms with E-state index >= 15 is 0 Å². The molecule has 3 aliphatic rings. The van der Waals surface area contributed by atoms with Crippen LogP contribution in [0.1, 0.15) is 70.0 Å². The average Bonchev–Trinajstić information content (AvgIpc) is 3.83. The van der Waals surface area contributed by atoms with E-state index in [-0.39, 0.29) is 48.9 Å². The first-order valence-electron chi connectivity index (χ1n) is 20.0. The van der Waals surface area contributed by atoms with Gasteiger partial charge < -0.3 is 35.0 Å². The molecule has 2 aromatic heterocycles. The quantitative estimate of drug-likeness (QED) is 0.135. The minimum atomic E-state index is -1.12. The van der Waals surface area contributed by atoms with Crippen molar-refractivity contribution in [2.75, 3.05) is 38.7 Å². The van der Waals surface area contributed by atoms with E-state index < -0.39 is 17.8 Å². The Bertz CT molecular complexity index is 2320. The number of halogens is 2. The number of nitrogens with zero attached hydrogens (tertiary/aromatic N) is 5. The van der Waals surface area contributed by atoms with Crippen LogP contribution in [0.25, 0.3) is 33.6 Å². The van der Waals surface area contributed by atoms with E-state index in [0.717, 1.165) is 11.4 Å². The first-order chi connectivity index (χ1) is 28.6. The Morgan fingerprint density at radius 3 is 1.95 bits per heavy atom. The smallest absolute Gasteiger partial charge is 0.410 e. The summed E-state index contributed by atoms with van der Waals surface area (Å²) in [7, 11) is 3.45. The molecule has 4 amide bonds. The van der Waals surface area contributed by atoms with Crippen LogP contribution in [0.3, 0.4) is 0 Å². The number of methoxy groups -OCH3 is 1. The number of hydrogen-bond acceptors (Lipinski definition) is 9. The number of rotatable bonds is 11. The van der Waals surface area contributed by atoms with E-state index in [2.05, 4.69) is 15.5 Å². The van der Waals surface area contributed by atoms with Crippen molar-refractivity contribution in [2.45, 2.75) is 83.1 Å². The molecule has 60 heavy (non-hydrogen) atoms. The van der Waals surface area contributed by atoms with E-state index in [1.165, 1.54) is 12.0 Å². The average molecular weight is 859 g/mol. The van der Waals surface area contributed by atoms with Crippen LogP contribution in [0.5, 0.6) is 5.88 Å². The second-order valence-electron chi connectivity index (χ2n) is 16.4. The fourth-order valence-electron chi connectivity index (χ4n) is 8.07. The molecule has 3 N–H and O–H groups in total. The molecule has 14 nitrogen and oxygen atoms in total. The van der Waals surface area contributed by atoms with Crippen LogP contribution in [0.2, 0.25) is 10.0 Å². The summed E-state index contributed by atoms with van der Waals surface area (Å²) in [4.78, 5) is 64.6. The molecule has 316 valence electrons. The lowest BCUT2D eigenvalue weighted by Crippen LogP contribution is -2.47. The van der Waals surface area contributed by atoms with Crippen LogP contribution in [0.15, 0.2) is 60.7 Å². The second kappa shape index (κ2) is 17.6. The van der Waals surface area contributed by atoms with Gasteiger partial charge in [0.05, 0.1) is 41.1 Å². The summed E-state index contributed by atoms with van der Waals surface area (Å²) >= 11 is 14.4. The number of hydrogen-bond donors (Lipinski definition) is 3. The molecule has 0 saturated carbocycles. The minimum absolute atomic E-state index is 0.0175. The van der Waals surface area contributed by atoms with E-state index in [1.807, 2.05) is 76.3 Å². The van der Waals surface area contributed by atoms with Crippen LogP contribution >= 0.6 is 23.2 Å². The number of benzene rings is 2. The number of carboxylic acid groups (broad SMARTS) is 1. The Morgan fingerprint density at radius 1 is 0.833 bits per heavy atom. The Morgan fingerprint density at radius 2 is 1.40 bits per heavy atom. The summed E-state index contributed by atoms with van der Waals surface area (Å²) in [6.07, 6.45) is 1.11. The van der Waals surface area contributed by atoms with Crippen molar-refractivity contribution in [3.8, 4) is 39.5 Å². The number of carbonyl (C=O) groups excluding carboxylic acids is 3. The Labute approximate surface area is 359 Å². The highest BCUT2D eigenvalue weighted by molar-refractivity contribution is 6.39. The number of fused-ring (bicyclic) bond motifs is 1. The van der Waals surface area contributed by atoms with Crippen molar-refractivity contribution < 1.29 is 33.8 Å². The molecule has 7 rings (SSSR count). The van der Waals surface area contributed by atoms with Crippen LogP contribution in [-0.4, -0.2) is 100 Å². The van der Waals surface area contributed by atoms with Crippen molar-refractivity contribution in [1.82, 2.24) is 30.4 Å². The van der Waals surface area contributed by atoms with Crippen molar-refractivity contribution in [3.05, 3.63) is 81.8 Å². The van der Waals surface area contributed by atoms with Crippen molar-refractivity contribution in [1.29, 1.82) is 0 Å². The Kier molecular flexibility index (Phi) is 12.4. The number of ether oxygens (including phenoxy) is 2. The van der Waals surface area contributed by atoms with Crippen LogP contribution in [0, 0.1) is 0 Å². The number of anilines is 1. The molecule has 16 heteroatoms. The van der Waals surface area contributed by atoms with E-state index in [1.54, 1.807) is 17.0 Å². The summed E-state index contributed by atoms with van der Waals surface area (Å²) in [6, 6.07) is 18.0. The molecule has 2 aromatic carbocycles. The fraction of sp³-hybridized carbons (Fsp3) is 0.409. The van der Waals surface area contributed by atoms with Gasteiger partial charge in [0.1, 0.15) is 11.4 Å². The highest BCUT2D eigenvalue weighted by atomic mass is 35.5. The summed E-state index contributed by atoms with van der Waals surface area (Å²) in [6.45, 7) is 6.64. The highest BCUT2D eigenvalue weighted by Gasteiger charge is 2.37. The molecule has 1 unspecified atom stereocenters. The maximum Gasteiger partial charge on any atom is 0.410 e. The van der Waals surface area contributed by atoms with Gasteiger partial charge in [0, 0.05) is 85.0 Å². The van der Waals surface area contributed by atoms with Gasteiger partial charge in [0.15, 0.2) is 0 Å². The summed E-state index contributed by atoms with van der Waals surface area (Å²) in [5.41, 5.74) is 4.55. The molecule has 3 aliphatic heterocycles. The number of carbonyl (C=O) groups is 4. The van der Waals surface area contributed by atoms with Crippen molar-refractivity contribution in [2.24, 2.45) is 0 Å². The van der Waals surface area contributed by atoms with Gasteiger partial charge in [0.2, 0.25) is 17.7 Å². The summed E-state index contributed by atoms with van der Waals surface area (Å²) in [5.74, 6) is 0.861. The van der Waals surface area contributed by atoms with Gasteiger partial charge >= 0.3 is 12.2 Å². The maximum absolute atomic E-state index is 13.7. The summed E-state index contributed by atoms with van der Waals surface area (Å²) < 4.78 is 11.5. The zero-order chi connectivity index (χ0) is 42.9. The monoisotopic (exact) mass is 857 g/mol. The molecule has 4 aromatic rings. The minimum Gasteiger partial charge on any atom is -0.481 e. The predicted octanol–water partition coefficient (Wildman–Crippen LogP) is 7.95. The van der Waals surface area contributed by atoms with Gasteiger partial charge in [-0.1, -0.05) is 65.7 Å². The van der Waals surface area contributed by atoms with Crippen molar-refractivity contribution in [3.63, 3.8) is 0 Å². The standard InChI is InChI=1S/C44H49Cl2N7O7/c1-44(2,3)60-43(58)53(24-27-14-19-37(55)48-27)35-20-21-51(4)40-32(35)15-17-33(49-40)30-10-6-8-28(38(30)45)29-9-7-11-31(39(29)46)34-16-12-25(41(50-34)59-5)22-52(42(56)57)23-26-13-18-36(54)47-26/h6-12,15-17,26-27,35H,13-14,18-24H2,1-5H3,(H,47,54)(H,48,55)(H,56,57)/t26-,27-,35?/m0/s1. The number of nitrogens with one attached hydrogen (secondary N) is 2. The van der Waals surface area contributed by atoms with Crippen LogP contribution < -0.4 is 20.3 Å². The number of amides is 4. The third kappa shape index (κ3) is 9.24. The predicted molar refractivity (Wildman–Crippen MR) is 229 cm³/mol. The zero-order valence-corrected chi connectivity index (χ0v) is 35.8. The van der Waals surface area contributed by atoms with E-state index in [0.29, 0.717) is 94.4 Å². The topological polar surface area (TPSA) is 167 Å². The van der Waals surface area contributed by atoms with Gasteiger partial charge in [-0.2, -0.15) is 0 Å². The lowest BCUT2D eigenvalue weighted by Gasteiger charge is -2.40. The van der Waals surface area contributed by atoms with Gasteiger partial charge in [0.25, 0.3) is 0 Å².